The Morgan fingerprint density at radius 3 is 2.38 bits per heavy atom. The lowest BCUT2D eigenvalue weighted by Gasteiger charge is -2.12. The predicted octanol–water partition coefficient (Wildman–Crippen LogP) is 3.42. The van der Waals surface area contributed by atoms with Crippen molar-refractivity contribution < 1.29 is 37.0 Å². The molecule has 0 atom stereocenters. The van der Waals surface area contributed by atoms with E-state index < -0.39 is 18.0 Å². The van der Waals surface area contributed by atoms with Gasteiger partial charge in [0.1, 0.15) is 12.0 Å². The number of benzene rings is 2. The number of carbonyl (C=O) groups excluding carboxylic acids is 2. The summed E-state index contributed by atoms with van der Waals surface area (Å²) >= 11 is 0. The predicted molar refractivity (Wildman–Crippen MR) is 85.6 cm³/mol. The normalized spacial score (nSPS) is 10.8. The fourth-order valence-corrected chi connectivity index (χ4v) is 1.96. The summed E-state index contributed by atoms with van der Waals surface area (Å²) in [5.41, 5.74) is 0.614. The van der Waals surface area contributed by atoms with Gasteiger partial charge in [0.25, 0.3) is 5.91 Å². The zero-order valence-electron chi connectivity index (χ0n) is 13.5. The zero-order chi connectivity index (χ0) is 19.2. The van der Waals surface area contributed by atoms with Gasteiger partial charge < -0.3 is 19.5 Å². The number of anilines is 1. The smallest absolute Gasteiger partial charge is 0.493 e. The van der Waals surface area contributed by atoms with Gasteiger partial charge in [-0.2, -0.15) is 0 Å². The second-order valence-corrected chi connectivity index (χ2v) is 4.94. The van der Waals surface area contributed by atoms with E-state index in [9.17, 15) is 22.8 Å². The number of nitrogens with one attached hydrogen (secondary N) is 1. The van der Waals surface area contributed by atoms with E-state index in [0.717, 1.165) is 12.1 Å². The maximum Gasteiger partial charge on any atom is 0.573 e. The Hall–Kier alpha value is -3.23. The van der Waals surface area contributed by atoms with Crippen molar-refractivity contribution >= 4 is 17.9 Å². The Labute approximate surface area is 146 Å². The summed E-state index contributed by atoms with van der Waals surface area (Å²) in [6.45, 7) is -0.389. The summed E-state index contributed by atoms with van der Waals surface area (Å²) in [6, 6.07) is 9.13. The van der Waals surface area contributed by atoms with Gasteiger partial charge in [0.2, 0.25) is 0 Å². The number of alkyl halides is 3. The third-order valence-electron chi connectivity index (χ3n) is 3.05. The average molecular weight is 369 g/mol. The van der Waals surface area contributed by atoms with Crippen LogP contribution in [0.4, 0.5) is 18.9 Å². The standard InChI is InChI=1S/C17H14F3NO5/c1-24-14-7-2-11(9-22)8-15(14)25-10-16(23)21-12-3-5-13(6-4-12)26-17(18,19)20/h2-9H,10H2,1H3,(H,21,23). The average Bonchev–Trinajstić information content (AvgIpc) is 2.60. The molecule has 0 saturated heterocycles. The summed E-state index contributed by atoms with van der Waals surface area (Å²) in [7, 11) is 1.41. The molecule has 26 heavy (non-hydrogen) atoms. The van der Waals surface area contributed by atoms with Crippen molar-refractivity contribution in [2.24, 2.45) is 0 Å². The van der Waals surface area contributed by atoms with Gasteiger partial charge in [0.05, 0.1) is 7.11 Å². The summed E-state index contributed by atoms with van der Waals surface area (Å²) < 4.78 is 50.4. The summed E-state index contributed by atoms with van der Waals surface area (Å²) in [4.78, 5) is 22.7. The maximum absolute atomic E-state index is 12.1. The van der Waals surface area contributed by atoms with Crippen LogP contribution in [-0.4, -0.2) is 32.3 Å². The molecule has 0 saturated carbocycles. The highest BCUT2D eigenvalue weighted by Crippen LogP contribution is 2.27. The van der Waals surface area contributed by atoms with Crippen LogP contribution in [0.15, 0.2) is 42.5 Å². The summed E-state index contributed by atoms with van der Waals surface area (Å²) in [5.74, 6) is -0.395. The van der Waals surface area contributed by atoms with Gasteiger partial charge in [-0.15, -0.1) is 13.2 Å². The first-order valence-electron chi connectivity index (χ1n) is 7.22. The molecule has 0 radical (unpaired) electrons. The molecule has 0 spiro atoms. The molecule has 1 N–H and O–H groups in total. The van der Waals surface area contributed by atoms with Crippen molar-refractivity contribution in [1.82, 2.24) is 0 Å². The van der Waals surface area contributed by atoms with E-state index >= 15 is 0 Å². The number of methoxy groups -OCH3 is 1. The number of carbonyl (C=O) groups is 2. The molecule has 6 nitrogen and oxygen atoms in total. The largest absolute Gasteiger partial charge is 0.573 e. The minimum atomic E-state index is -4.78. The number of amides is 1. The second-order valence-electron chi connectivity index (χ2n) is 4.94. The fourth-order valence-electron chi connectivity index (χ4n) is 1.96. The molecule has 2 aromatic rings. The van der Waals surface area contributed by atoms with E-state index in [1.54, 1.807) is 0 Å². The van der Waals surface area contributed by atoms with Gasteiger partial charge in [0, 0.05) is 11.3 Å². The van der Waals surface area contributed by atoms with Gasteiger partial charge in [-0.1, -0.05) is 0 Å². The van der Waals surface area contributed by atoms with Crippen LogP contribution in [0.1, 0.15) is 10.4 Å². The summed E-state index contributed by atoms with van der Waals surface area (Å²) in [6.07, 6.45) is -4.16. The van der Waals surface area contributed by atoms with Gasteiger partial charge in [0.15, 0.2) is 18.1 Å². The van der Waals surface area contributed by atoms with Crippen LogP contribution in [0.3, 0.4) is 0 Å². The van der Waals surface area contributed by atoms with Crippen LogP contribution in [0.2, 0.25) is 0 Å². The molecular formula is C17H14F3NO5. The first kappa shape index (κ1) is 19.1. The van der Waals surface area contributed by atoms with Crippen LogP contribution >= 0.6 is 0 Å². The molecule has 0 unspecified atom stereocenters. The molecule has 0 bridgehead atoms. The van der Waals surface area contributed by atoms with Crippen LogP contribution in [-0.2, 0) is 4.79 Å². The molecule has 9 heteroatoms. The quantitative estimate of drug-likeness (QED) is 0.757. The topological polar surface area (TPSA) is 73.9 Å². The fraction of sp³-hybridized carbons (Fsp3) is 0.176. The van der Waals surface area contributed by atoms with Crippen LogP contribution in [0.25, 0.3) is 0 Å². The van der Waals surface area contributed by atoms with Gasteiger partial charge in [-0.3, -0.25) is 9.59 Å². The number of rotatable bonds is 7. The second kappa shape index (κ2) is 8.24. The zero-order valence-corrected chi connectivity index (χ0v) is 13.5. The van der Waals surface area contributed by atoms with Gasteiger partial charge in [-0.05, 0) is 42.5 Å². The molecule has 0 aromatic heterocycles. The molecule has 1 amide bonds. The lowest BCUT2D eigenvalue weighted by atomic mass is 10.2. The van der Waals surface area contributed by atoms with Crippen LogP contribution in [0.5, 0.6) is 17.2 Å². The molecule has 2 rings (SSSR count). The third kappa shape index (κ3) is 5.69. The first-order chi connectivity index (χ1) is 12.3. The number of aldehydes is 1. The molecule has 2 aromatic carbocycles. The lowest BCUT2D eigenvalue weighted by Crippen LogP contribution is -2.20. The van der Waals surface area contributed by atoms with Crippen molar-refractivity contribution in [3.8, 4) is 17.2 Å². The maximum atomic E-state index is 12.1. The number of hydrogen-bond acceptors (Lipinski definition) is 5. The number of ether oxygens (including phenoxy) is 3. The third-order valence-corrected chi connectivity index (χ3v) is 3.05. The van der Waals surface area contributed by atoms with E-state index in [1.807, 2.05) is 0 Å². The Morgan fingerprint density at radius 1 is 1.12 bits per heavy atom. The molecule has 0 aliphatic heterocycles. The SMILES string of the molecule is COc1ccc(C=O)cc1OCC(=O)Nc1ccc(OC(F)(F)F)cc1. The molecule has 0 aliphatic carbocycles. The van der Waals surface area contributed by atoms with Crippen molar-refractivity contribution in [2.45, 2.75) is 6.36 Å². The highest BCUT2D eigenvalue weighted by atomic mass is 19.4. The summed E-state index contributed by atoms with van der Waals surface area (Å²) in [5, 5.41) is 2.46. The van der Waals surface area contributed by atoms with Gasteiger partial charge >= 0.3 is 6.36 Å². The Bertz CT molecular complexity index is 775. The lowest BCUT2D eigenvalue weighted by molar-refractivity contribution is -0.274. The molecule has 0 aliphatic rings. The van der Waals surface area contributed by atoms with E-state index in [1.165, 1.54) is 37.4 Å². The van der Waals surface area contributed by atoms with E-state index in [4.69, 9.17) is 9.47 Å². The molecule has 0 fully saturated rings. The Balaban J connectivity index is 1.94. The van der Waals surface area contributed by atoms with Crippen LogP contribution in [0, 0.1) is 0 Å². The molecular weight excluding hydrogens is 355 g/mol. The molecule has 0 heterocycles. The minimum Gasteiger partial charge on any atom is -0.493 e. The molecule has 138 valence electrons. The van der Waals surface area contributed by atoms with E-state index in [2.05, 4.69) is 10.1 Å². The highest BCUT2D eigenvalue weighted by molar-refractivity contribution is 5.92. The minimum absolute atomic E-state index is 0.209. The van der Waals surface area contributed by atoms with Crippen molar-refractivity contribution in [2.75, 3.05) is 19.0 Å². The Morgan fingerprint density at radius 2 is 1.81 bits per heavy atom. The monoisotopic (exact) mass is 369 g/mol. The number of halogens is 3. The highest BCUT2D eigenvalue weighted by Gasteiger charge is 2.30. The van der Waals surface area contributed by atoms with Gasteiger partial charge in [-0.25, -0.2) is 0 Å². The Kier molecular flexibility index (Phi) is 6.05. The first-order valence-corrected chi connectivity index (χ1v) is 7.22. The number of hydrogen-bond donors (Lipinski definition) is 1. The van der Waals surface area contributed by atoms with Crippen molar-refractivity contribution in [3.63, 3.8) is 0 Å². The van der Waals surface area contributed by atoms with Crippen molar-refractivity contribution in [1.29, 1.82) is 0 Å². The van der Waals surface area contributed by atoms with Crippen LogP contribution < -0.4 is 19.5 Å². The van der Waals surface area contributed by atoms with E-state index in [0.29, 0.717) is 17.6 Å². The van der Waals surface area contributed by atoms with E-state index in [-0.39, 0.29) is 18.0 Å². The van der Waals surface area contributed by atoms with Crippen molar-refractivity contribution in [3.05, 3.63) is 48.0 Å².